The zero-order chi connectivity index (χ0) is 31.2. The molecular formula is C42H40N2P2+2. The van der Waals surface area contributed by atoms with Gasteiger partial charge in [0, 0.05) is 6.42 Å². The Morgan fingerprint density at radius 3 is 1.11 bits per heavy atom. The predicted octanol–water partition coefficient (Wildman–Crippen LogP) is 7.38. The van der Waals surface area contributed by atoms with E-state index in [2.05, 4.69) is 194 Å². The molecule has 0 fully saturated rings. The summed E-state index contributed by atoms with van der Waals surface area (Å²) in [6.07, 6.45) is 1.96. The third kappa shape index (κ3) is 5.51. The van der Waals surface area contributed by atoms with Crippen molar-refractivity contribution in [1.29, 1.82) is 0 Å². The molecule has 0 unspecified atom stereocenters. The summed E-state index contributed by atoms with van der Waals surface area (Å²) in [7, 11) is -4.17. The van der Waals surface area contributed by atoms with E-state index in [1.54, 1.807) is 0 Å². The first-order valence-corrected chi connectivity index (χ1v) is 19.9. The number of hydrogen-bond acceptors (Lipinski definition) is 2. The van der Waals surface area contributed by atoms with Crippen molar-refractivity contribution in [3.05, 3.63) is 182 Å². The van der Waals surface area contributed by atoms with Crippen molar-refractivity contribution in [2.75, 3.05) is 12.7 Å². The molecule has 1 aliphatic heterocycles. The molecule has 6 aromatic carbocycles. The Kier molecular flexibility index (Phi) is 8.94. The second kappa shape index (κ2) is 13.6. The highest BCUT2D eigenvalue weighted by molar-refractivity contribution is 8.08. The summed E-state index contributed by atoms with van der Waals surface area (Å²) in [6, 6.07) is 67.3. The standard InChI is InChI=1S/C42H40N2P2/c1-35-34-42(46(39-26-14-5-15-27-39,40-28-16-6-17-29-40)41-30-18-7-19-31-41)43-44(35)32-33-45(36-20-8-2-9-21-36,37-22-10-3-11-23-37)38-24-12-4-13-25-38/h2-31,35H,32-34H2,1H3/q+2/t35-/m1/s1. The molecule has 0 amide bonds. The van der Waals surface area contributed by atoms with Crippen molar-refractivity contribution in [1.82, 2.24) is 5.01 Å². The molecule has 0 N–H and O–H groups in total. The van der Waals surface area contributed by atoms with E-state index in [0.717, 1.165) is 19.1 Å². The molecule has 0 aliphatic carbocycles. The second-order valence-corrected chi connectivity index (χ2v) is 19.0. The lowest BCUT2D eigenvalue weighted by atomic mass is 10.2. The molecule has 0 saturated carbocycles. The topological polar surface area (TPSA) is 15.6 Å². The average molecular weight is 635 g/mol. The first-order valence-electron chi connectivity index (χ1n) is 16.2. The van der Waals surface area contributed by atoms with E-state index in [0.29, 0.717) is 6.04 Å². The molecule has 6 aromatic rings. The van der Waals surface area contributed by atoms with Crippen LogP contribution in [-0.2, 0) is 0 Å². The highest BCUT2D eigenvalue weighted by Crippen LogP contribution is 2.60. The quantitative estimate of drug-likeness (QED) is 0.144. The second-order valence-electron chi connectivity index (χ2n) is 11.9. The first kappa shape index (κ1) is 30.3. The Balaban J connectivity index is 1.36. The summed E-state index contributed by atoms with van der Waals surface area (Å²) >= 11 is 0. The van der Waals surface area contributed by atoms with Gasteiger partial charge < -0.3 is 0 Å². The summed E-state index contributed by atoms with van der Waals surface area (Å²) in [4.78, 5) is 0. The normalized spacial score (nSPS) is 15.0. The Morgan fingerprint density at radius 2 is 0.783 bits per heavy atom. The van der Waals surface area contributed by atoms with Crippen molar-refractivity contribution in [2.45, 2.75) is 19.4 Å². The molecule has 1 aliphatic rings. The lowest BCUT2D eigenvalue weighted by Gasteiger charge is -2.30. The van der Waals surface area contributed by atoms with Crippen molar-refractivity contribution < 1.29 is 0 Å². The number of hydrogen-bond donors (Lipinski definition) is 0. The maximum Gasteiger partial charge on any atom is 0.194 e. The van der Waals surface area contributed by atoms with Gasteiger partial charge in [0.25, 0.3) is 0 Å². The minimum absolute atomic E-state index is 0.301. The Labute approximate surface area is 275 Å². The number of rotatable bonds is 10. The fourth-order valence-electron chi connectivity index (χ4n) is 7.12. The maximum atomic E-state index is 5.67. The largest absolute Gasteiger partial charge is 0.287 e. The molecule has 7 rings (SSSR count). The summed E-state index contributed by atoms with van der Waals surface area (Å²) in [5, 5.41) is 16.4. The third-order valence-electron chi connectivity index (χ3n) is 9.30. The fraction of sp³-hybridized carbons (Fsp3) is 0.119. The molecule has 0 spiro atoms. The van der Waals surface area contributed by atoms with Crippen LogP contribution in [0.15, 0.2) is 187 Å². The van der Waals surface area contributed by atoms with E-state index in [1.807, 2.05) is 0 Å². The molecule has 4 heteroatoms. The van der Waals surface area contributed by atoms with Gasteiger partial charge in [-0.2, -0.15) is 0 Å². The Hall–Kier alpha value is -4.35. The van der Waals surface area contributed by atoms with E-state index in [9.17, 15) is 0 Å². The number of hydrazone groups is 1. The highest BCUT2D eigenvalue weighted by atomic mass is 31.2. The molecule has 0 bridgehead atoms. The third-order valence-corrected chi connectivity index (χ3v) is 18.0. The zero-order valence-electron chi connectivity index (χ0n) is 26.3. The van der Waals surface area contributed by atoms with Crippen molar-refractivity contribution in [2.24, 2.45) is 5.10 Å². The zero-order valence-corrected chi connectivity index (χ0v) is 28.1. The minimum atomic E-state index is -2.20. The predicted molar refractivity (Wildman–Crippen MR) is 203 cm³/mol. The van der Waals surface area contributed by atoms with Gasteiger partial charge >= 0.3 is 0 Å². The highest BCUT2D eigenvalue weighted by Gasteiger charge is 2.54. The maximum absolute atomic E-state index is 5.67. The van der Waals surface area contributed by atoms with Crippen molar-refractivity contribution in [3.63, 3.8) is 0 Å². The van der Waals surface area contributed by atoms with E-state index in [-0.39, 0.29) is 0 Å². The lowest BCUT2D eigenvalue weighted by molar-refractivity contribution is 0.261. The fourth-order valence-corrected chi connectivity index (χ4v) is 15.8. The van der Waals surface area contributed by atoms with Gasteiger partial charge in [-0.15, -0.1) is 5.10 Å². The molecule has 1 heterocycles. The van der Waals surface area contributed by atoms with Gasteiger partial charge in [-0.05, 0) is 79.7 Å². The Bertz CT molecular complexity index is 1670. The summed E-state index contributed by atoms with van der Waals surface area (Å²) in [5.41, 5.74) is 1.31. The van der Waals surface area contributed by atoms with Crippen LogP contribution in [0.4, 0.5) is 0 Å². The molecule has 226 valence electrons. The lowest BCUT2D eigenvalue weighted by Crippen LogP contribution is -2.37. The molecule has 0 saturated heterocycles. The van der Waals surface area contributed by atoms with Gasteiger partial charge in [0.2, 0.25) is 0 Å². The van der Waals surface area contributed by atoms with Crippen LogP contribution in [0.5, 0.6) is 0 Å². The first-order chi connectivity index (χ1) is 22.7. The van der Waals surface area contributed by atoms with Crippen LogP contribution >= 0.6 is 14.5 Å². The van der Waals surface area contributed by atoms with E-state index >= 15 is 0 Å². The van der Waals surface area contributed by atoms with Gasteiger partial charge in [-0.3, -0.25) is 5.01 Å². The average Bonchev–Trinajstić information content (AvgIpc) is 3.51. The number of benzene rings is 6. The summed E-state index contributed by atoms with van der Waals surface area (Å²) < 4.78 is 0. The van der Waals surface area contributed by atoms with Gasteiger partial charge in [-0.1, -0.05) is 109 Å². The van der Waals surface area contributed by atoms with Crippen LogP contribution in [0.25, 0.3) is 0 Å². The SMILES string of the molecule is C[C@@H]1CC([P+](c2ccccc2)(c2ccccc2)c2ccccc2)=NN1CC[P+](c1ccccc1)(c1ccccc1)c1ccccc1. The van der Waals surface area contributed by atoms with Crippen LogP contribution in [0, 0.1) is 0 Å². The minimum Gasteiger partial charge on any atom is -0.287 e. The number of nitrogens with zero attached hydrogens (tertiary/aromatic N) is 2. The molecule has 1 atom stereocenters. The summed E-state index contributed by atoms with van der Waals surface area (Å²) in [5.74, 6) is 0. The van der Waals surface area contributed by atoms with E-state index < -0.39 is 14.5 Å². The summed E-state index contributed by atoms with van der Waals surface area (Å²) in [6.45, 7) is 3.25. The van der Waals surface area contributed by atoms with Crippen molar-refractivity contribution >= 4 is 51.8 Å². The van der Waals surface area contributed by atoms with Gasteiger partial charge in [0.05, 0.1) is 18.7 Å². The molecule has 46 heavy (non-hydrogen) atoms. The van der Waals surface area contributed by atoms with Crippen LogP contribution in [-0.4, -0.2) is 29.2 Å². The monoisotopic (exact) mass is 634 g/mol. The van der Waals surface area contributed by atoms with E-state index in [4.69, 9.17) is 5.10 Å². The van der Waals surface area contributed by atoms with Crippen molar-refractivity contribution in [3.8, 4) is 0 Å². The molecular weight excluding hydrogens is 594 g/mol. The van der Waals surface area contributed by atoms with Crippen LogP contribution < -0.4 is 31.8 Å². The van der Waals surface area contributed by atoms with Gasteiger partial charge in [-0.25, -0.2) is 0 Å². The van der Waals surface area contributed by atoms with Gasteiger partial charge in [0.1, 0.15) is 39.1 Å². The van der Waals surface area contributed by atoms with Crippen LogP contribution in [0.1, 0.15) is 13.3 Å². The Morgan fingerprint density at radius 1 is 0.478 bits per heavy atom. The van der Waals surface area contributed by atoms with Gasteiger partial charge in [0.15, 0.2) is 12.7 Å². The van der Waals surface area contributed by atoms with E-state index in [1.165, 1.54) is 37.3 Å². The molecule has 0 radical (unpaired) electrons. The van der Waals surface area contributed by atoms with Crippen LogP contribution in [0.2, 0.25) is 0 Å². The van der Waals surface area contributed by atoms with Crippen LogP contribution in [0.3, 0.4) is 0 Å². The smallest absolute Gasteiger partial charge is 0.194 e. The molecule has 2 nitrogen and oxygen atoms in total. The molecule has 0 aromatic heterocycles.